The van der Waals surface area contributed by atoms with Crippen molar-refractivity contribution >= 4 is 11.3 Å². The molecule has 1 unspecified atom stereocenters. The van der Waals surface area contributed by atoms with Gasteiger partial charge in [-0.15, -0.1) is 11.3 Å². The van der Waals surface area contributed by atoms with Crippen molar-refractivity contribution in [1.29, 1.82) is 5.26 Å². The van der Waals surface area contributed by atoms with Crippen molar-refractivity contribution in [1.82, 2.24) is 10.3 Å². The minimum atomic E-state index is 0.0900. The standard InChI is InChI=1S/C10H15N3S/c1-8(5-11)6-12-4-3-10-7-14-9(2)13-10/h7-8,12H,3-4,6H2,1-2H3. The smallest absolute Gasteiger partial charge is 0.0897 e. The zero-order valence-corrected chi connectivity index (χ0v) is 9.40. The highest BCUT2D eigenvalue weighted by Gasteiger charge is 2.00. The van der Waals surface area contributed by atoms with Gasteiger partial charge in [-0.05, 0) is 13.8 Å². The first-order valence-electron chi connectivity index (χ1n) is 4.73. The summed E-state index contributed by atoms with van der Waals surface area (Å²) >= 11 is 1.68. The first-order valence-corrected chi connectivity index (χ1v) is 5.61. The molecule has 0 radical (unpaired) electrons. The van der Waals surface area contributed by atoms with Crippen LogP contribution in [0.3, 0.4) is 0 Å². The summed E-state index contributed by atoms with van der Waals surface area (Å²) in [4.78, 5) is 4.36. The Morgan fingerprint density at radius 3 is 3.07 bits per heavy atom. The number of hydrogen-bond donors (Lipinski definition) is 1. The molecule has 0 amide bonds. The molecule has 0 fully saturated rings. The molecule has 0 saturated carbocycles. The van der Waals surface area contributed by atoms with Gasteiger partial charge in [0, 0.05) is 24.9 Å². The summed E-state index contributed by atoms with van der Waals surface area (Å²) in [5, 5.41) is 15.0. The minimum Gasteiger partial charge on any atom is -0.315 e. The minimum absolute atomic E-state index is 0.0900. The third kappa shape index (κ3) is 3.86. The quantitative estimate of drug-likeness (QED) is 0.751. The lowest BCUT2D eigenvalue weighted by Crippen LogP contribution is -2.22. The molecule has 4 heteroatoms. The Morgan fingerprint density at radius 1 is 1.71 bits per heavy atom. The molecule has 0 saturated heterocycles. The molecule has 0 aromatic carbocycles. The van der Waals surface area contributed by atoms with Crippen LogP contribution in [0.25, 0.3) is 0 Å². The van der Waals surface area contributed by atoms with Crippen molar-refractivity contribution < 1.29 is 0 Å². The first kappa shape index (κ1) is 11.2. The molecule has 0 aliphatic rings. The lowest BCUT2D eigenvalue weighted by atomic mass is 10.2. The van der Waals surface area contributed by atoms with E-state index in [1.54, 1.807) is 11.3 Å². The van der Waals surface area contributed by atoms with E-state index < -0.39 is 0 Å². The monoisotopic (exact) mass is 209 g/mol. The molecule has 14 heavy (non-hydrogen) atoms. The van der Waals surface area contributed by atoms with Crippen LogP contribution in [-0.4, -0.2) is 18.1 Å². The molecule has 0 bridgehead atoms. The van der Waals surface area contributed by atoms with Crippen LogP contribution in [0.2, 0.25) is 0 Å². The Balaban J connectivity index is 2.14. The van der Waals surface area contributed by atoms with Gasteiger partial charge >= 0.3 is 0 Å². The maximum absolute atomic E-state index is 8.55. The summed E-state index contributed by atoms with van der Waals surface area (Å²) < 4.78 is 0. The molecule has 1 N–H and O–H groups in total. The van der Waals surface area contributed by atoms with Crippen LogP contribution in [0.15, 0.2) is 5.38 Å². The molecule has 1 atom stereocenters. The second-order valence-electron chi connectivity index (χ2n) is 3.34. The number of nitriles is 1. The highest BCUT2D eigenvalue weighted by atomic mass is 32.1. The normalized spacial score (nSPS) is 12.4. The molecular formula is C10H15N3S. The molecule has 1 aromatic heterocycles. The molecule has 0 aliphatic carbocycles. The van der Waals surface area contributed by atoms with E-state index in [0.717, 1.165) is 30.2 Å². The predicted octanol–water partition coefficient (Wildman–Crippen LogP) is 1.74. The molecule has 3 nitrogen and oxygen atoms in total. The van der Waals surface area contributed by atoms with Gasteiger partial charge in [-0.1, -0.05) is 0 Å². The summed E-state index contributed by atoms with van der Waals surface area (Å²) in [5.41, 5.74) is 1.14. The molecule has 1 rings (SSSR count). The van der Waals surface area contributed by atoms with Crippen molar-refractivity contribution in [3.05, 3.63) is 16.1 Å². The molecule has 1 aromatic rings. The number of nitrogens with one attached hydrogen (secondary N) is 1. The molecule has 0 spiro atoms. The highest BCUT2D eigenvalue weighted by Crippen LogP contribution is 2.07. The van der Waals surface area contributed by atoms with Crippen LogP contribution in [0.5, 0.6) is 0 Å². The molecule has 1 heterocycles. The summed E-state index contributed by atoms with van der Waals surface area (Å²) in [5.74, 6) is 0.0900. The summed E-state index contributed by atoms with van der Waals surface area (Å²) in [6, 6.07) is 2.19. The Hall–Kier alpha value is -0.920. The third-order valence-corrected chi connectivity index (χ3v) is 2.72. The van der Waals surface area contributed by atoms with Gasteiger partial charge in [0.25, 0.3) is 0 Å². The first-order chi connectivity index (χ1) is 6.72. The van der Waals surface area contributed by atoms with Gasteiger partial charge in [0.1, 0.15) is 0 Å². The predicted molar refractivity (Wildman–Crippen MR) is 58.2 cm³/mol. The third-order valence-electron chi connectivity index (χ3n) is 1.90. The second-order valence-corrected chi connectivity index (χ2v) is 4.40. The average molecular weight is 209 g/mol. The summed E-state index contributed by atoms with van der Waals surface area (Å²) in [6.45, 7) is 5.59. The molecular weight excluding hydrogens is 194 g/mol. The number of aromatic nitrogens is 1. The van der Waals surface area contributed by atoms with Crippen molar-refractivity contribution in [3.63, 3.8) is 0 Å². The molecule has 0 aliphatic heterocycles. The fourth-order valence-corrected chi connectivity index (χ4v) is 1.75. The maximum atomic E-state index is 8.55. The lowest BCUT2D eigenvalue weighted by Gasteiger charge is -2.03. The van der Waals surface area contributed by atoms with Crippen LogP contribution in [-0.2, 0) is 6.42 Å². The van der Waals surface area contributed by atoms with Crippen molar-refractivity contribution in [2.75, 3.05) is 13.1 Å². The summed E-state index contributed by atoms with van der Waals surface area (Å²) in [7, 11) is 0. The Kier molecular flexibility index (Phi) is 4.57. The molecule has 76 valence electrons. The zero-order chi connectivity index (χ0) is 10.4. The Morgan fingerprint density at radius 2 is 2.50 bits per heavy atom. The van der Waals surface area contributed by atoms with Gasteiger partial charge in [-0.25, -0.2) is 4.98 Å². The van der Waals surface area contributed by atoms with Crippen molar-refractivity contribution in [2.24, 2.45) is 5.92 Å². The van der Waals surface area contributed by atoms with Gasteiger partial charge in [0.15, 0.2) is 0 Å². The van der Waals surface area contributed by atoms with Gasteiger partial charge in [-0.3, -0.25) is 0 Å². The second kappa shape index (κ2) is 5.74. The van der Waals surface area contributed by atoms with Crippen LogP contribution in [0.4, 0.5) is 0 Å². The van der Waals surface area contributed by atoms with Crippen LogP contribution in [0, 0.1) is 24.2 Å². The van der Waals surface area contributed by atoms with Gasteiger partial charge < -0.3 is 5.32 Å². The van der Waals surface area contributed by atoms with Crippen molar-refractivity contribution in [3.8, 4) is 6.07 Å². The topological polar surface area (TPSA) is 48.7 Å². The average Bonchev–Trinajstić information content (AvgIpc) is 2.58. The number of nitrogens with zero attached hydrogens (tertiary/aromatic N) is 2. The fourth-order valence-electron chi connectivity index (χ4n) is 1.10. The largest absolute Gasteiger partial charge is 0.315 e. The zero-order valence-electron chi connectivity index (χ0n) is 8.58. The van der Waals surface area contributed by atoms with Gasteiger partial charge in [0.2, 0.25) is 0 Å². The number of thiazole rings is 1. The van der Waals surface area contributed by atoms with Gasteiger partial charge in [-0.2, -0.15) is 5.26 Å². The lowest BCUT2D eigenvalue weighted by molar-refractivity contribution is 0.600. The van der Waals surface area contributed by atoms with Crippen molar-refractivity contribution in [2.45, 2.75) is 20.3 Å². The number of rotatable bonds is 5. The highest BCUT2D eigenvalue weighted by molar-refractivity contribution is 7.09. The van der Waals surface area contributed by atoms with E-state index in [1.165, 1.54) is 0 Å². The fraction of sp³-hybridized carbons (Fsp3) is 0.600. The van der Waals surface area contributed by atoms with E-state index in [-0.39, 0.29) is 5.92 Å². The van der Waals surface area contributed by atoms with Crippen LogP contribution < -0.4 is 5.32 Å². The Labute approximate surface area is 88.8 Å². The van der Waals surface area contributed by atoms with E-state index in [2.05, 4.69) is 21.8 Å². The maximum Gasteiger partial charge on any atom is 0.0897 e. The van der Waals surface area contributed by atoms with Gasteiger partial charge in [0.05, 0.1) is 22.7 Å². The van der Waals surface area contributed by atoms with E-state index in [9.17, 15) is 0 Å². The van der Waals surface area contributed by atoms with E-state index in [4.69, 9.17) is 5.26 Å². The van der Waals surface area contributed by atoms with E-state index in [1.807, 2.05) is 13.8 Å². The number of hydrogen-bond acceptors (Lipinski definition) is 4. The summed E-state index contributed by atoms with van der Waals surface area (Å²) in [6.07, 6.45) is 0.947. The Bertz CT molecular complexity index is 313. The van der Waals surface area contributed by atoms with E-state index in [0.29, 0.717) is 0 Å². The van der Waals surface area contributed by atoms with Crippen LogP contribution in [0.1, 0.15) is 17.6 Å². The number of aryl methyl sites for hydroxylation is 1. The van der Waals surface area contributed by atoms with Crippen LogP contribution >= 0.6 is 11.3 Å². The SMILES string of the molecule is Cc1nc(CCNCC(C)C#N)cs1. The van der Waals surface area contributed by atoms with E-state index >= 15 is 0 Å².